The Balaban J connectivity index is 1.80. The lowest BCUT2D eigenvalue weighted by atomic mass is 10.1. The summed E-state index contributed by atoms with van der Waals surface area (Å²) in [4.78, 5) is 0. The Hall–Kier alpha value is -0.800. The Morgan fingerprint density at radius 1 is 1.50 bits per heavy atom. The highest BCUT2D eigenvalue weighted by Crippen LogP contribution is 2.28. The summed E-state index contributed by atoms with van der Waals surface area (Å²) in [5, 5.41) is 0. The molecule has 2 N–H and O–H groups in total. The minimum absolute atomic E-state index is 0.356. The number of nitrogens with two attached hydrogens (primary N) is 1. The Morgan fingerprint density at radius 2 is 2.43 bits per heavy atom. The molecule has 0 spiro atoms. The normalized spacial score (nSPS) is 26.9. The molecule has 0 radical (unpaired) electrons. The van der Waals surface area contributed by atoms with E-state index in [1.807, 2.05) is 6.07 Å². The molecule has 1 aliphatic rings. The Kier molecular flexibility index (Phi) is 3.22. The lowest BCUT2D eigenvalue weighted by Crippen LogP contribution is -2.25. The predicted molar refractivity (Wildman–Crippen MR) is 53.7 cm³/mol. The topological polar surface area (TPSA) is 48.4 Å². The van der Waals surface area contributed by atoms with Crippen molar-refractivity contribution in [2.75, 3.05) is 6.54 Å². The molecule has 78 valence electrons. The van der Waals surface area contributed by atoms with Crippen molar-refractivity contribution in [3.8, 4) is 0 Å². The van der Waals surface area contributed by atoms with Gasteiger partial charge in [0.05, 0.1) is 25.2 Å². The van der Waals surface area contributed by atoms with Gasteiger partial charge >= 0.3 is 0 Å². The number of ether oxygens (including phenoxy) is 1. The van der Waals surface area contributed by atoms with Crippen LogP contribution in [0.2, 0.25) is 0 Å². The van der Waals surface area contributed by atoms with Crippen molar-refractivity contribution in [3.63, 3.8) is 0 Å². The van der Waals surface area contributed by atoms with Crippen molar-refractivity contribution in [2.24, 2.45) is 11.7 Å². The van der Waals surface area contributed by atoms with Crippen LogP contribution in [0, 0.1) is 5.92 Å². The van der Waals surface area contributed by atoms with Crippen molar-refractivity contribution < 1.29 is 9.15 Å². The molecular weight excluding hydrogens is 178 g/mol. The highest BCUT2D eigenvalue weighted by molar-refractivity contribution is 5.03. The summed E-state index contributed by atoms with van der Waals surface area (Å²) in [5.41, 5.74) is 6.78. The van der Waals surface area contributed by atoms with Gasteiger partial charge in [-0.05, 0) is 31.4 Å². The molecule has 2 rings (SSSR count). The van der Waals surface area contributed by atoms with Crippen LogP contribution in [0.1, 0.15) is 24.8 Å². The first-order valence-corrected chi connectivity index (χ1v) is 5.23. The summed E-state index contributed by atoms with van der Waals surface area (Å²) in [5.74, 6) is 0.557. The van der Waals surface area contributed by atoms with Crippen molar-refractivity contribution in [1.29, 1.82) is 0 Å². The molecule has 0 saturated heterocycles. The van der Waals surface area contributed by atoms with E-state index >= 15 is 0 Å². The molecule has 0 aliphatic heterocycles. The van der Waals surface area contributed by atoms with Gasteiger partial charge in [-0.15, -0.1) is 0 Å². The second-order valence-corrected chi connectivity index (χ2v) is 3.91. The first kappa shape index (κ1) is 9.74. The van der Waals surface area contributed by atoms with E-state index in [-0.39, 0.29) is 0 Å². The molecular formula is C11H17NO2. The third-order valence-electron chi connectivity index (χ3n) is 2.94. The molecule has 1 heterocycles. The van der Waals surface area contributed by atoms with Crippen molar-refractivity contribution in [1.82, 2.24) is 0 Å². The van der Waals surface area contributed by atoms with Gasteiger partial charge in [-0.2, -0.15) is 0 Å². The van der Waals surface area contributed by atoms with Crippen LogP contribution in [0.5, 0.6) is 0 Å². The van der Waals surface area contributed by atoms with Crippen molar-refractivity contribution in [2.45, 2.75) is 32.0 Å². The van der Waals surface area contributed by atoms with Gasteiger partial charge in [-0.3, -0.25) is 0 Å². The van der Waals surface area contributed by atoms with Crippen LogP contribution in [-0.4, -0.2) is 12.6 Å². The summed E-state index contributed by atoms with van der Waals surface area (Å²) >= 11 is 0. The van der Waals surface area contributed by atoms with E-state index in [9.17, 15) is 0 Å². The van der Waals surface area contributed by atoms with Crippen LogP contribution in [0.25, 0.3) is 0 Å². The molecule has 0 bridgehead atoms. The summed E-state index contributed by atoms with van der Waals surface area (Å²) < 4.78 is 10.8. The largest absolute Gasteiger partial charge is 0.472 e. The Labute approximate surface area is 84.2 Å². The van der Waals surface area contributed by atoms with Gasteiger partial charge in [-0.25, -0.2) is 0 Å². The van der Waals surface area contributed by atoms with E-state index in [0.717, 1.165) is 18.5 Å². The van der Waals surface area contributed by atoms with Crippen LogP contribution < -0.4 is 5.73 Å². The molecule has 3 heteroatoms. The highest BCUT2D eigenvalue weighted by atomic mass is 16.5. The van der Waals surface area contributed by atoms with E-state index in [4.69, 9.17) is 14.9 Å². The Bertz CT molecular complexity index is 258. The number of hydrogen-bond acceptors (Lipinski definition) is 3. The van der Waals surface area contributed by atoms with Crippen LogP contribution in [0.4, 0.5) is 0 Å². The zero-order valence-corrected chi connectivity index (χ0v) is 8.32. The van der Waals surface area contributed by atoms with E-state index in [0.29, 0.717) is 18.6 Å². The first-order valence-electron chi connectivity index (χ1n) is 5.23. The van der Waals surface area contributed by atoms with E-state index in [1.54, 1.807) is 12.5 Å². The molecule has 14 heavy (non-hydrogen) atoms. The fourth-order valence-electron chi connectivity index (χ4n) is 2.07. The average molecular weight is 195 g/mol. The van der Waals surface area contributed by atoms with Crippen LogP contribution in [0.3, 0.4) is 0 Å². The molecule has 2 atom stereocenters. The van der Waals surface area contributed by atoms with E-state index in [2.05, 4.69) is 0 Å². The van der Waals surface area contributed by atoms with Gasteiger partial charge in [0.15, 0.2) is 0 Å². The quantitative estimate of drug-likeness (QED) is 0.798. The molecule has 1 aromatic heterocycles. The minimum atomic E-state index is 0.356. The maximum atomic E-state index is 5.81. The fourth-order valence-corrected chi connectivity index (χ4v) is 2.07. The second kappa shape index (κ2) is 4.62. The van der Waals surface area contributed by atoms with Gasteiger partial charge in [0.1, 0.15) is 0 Å². The molecule has 0 amide bonds. The average Bonchev–Trinajstić information content (AvgIpc) is 2.85. The fraction of sp³-hybridized carbons (Fsp3) is 0.636. The van der Waals surface area contributed by atoms with Crippen molar-refractivity contribution in [3.05, 3.63) is 24.2 Å². The van der Waals surface area contributed by atoms with E-state index in [1.165, 1.54) is 12.8 Å². The molecule has 0 aromatic carbocycles. The number of hydrogen-bond donors (Lipinski definition) is 1. The lowest BCUT2D eigenvalue weighted by Gasteiger charge is -2.17. The van der Waals surface area contributed by atoms with Gasteiger partial charge in [0.25, 0.3) is 0 Å². The third kappa shape index (κ3) is 2.16. The standard InChI is InChI=1S/C11H17NO2/c12-6-10-2-1-3-11(10)14-8-9-4-5-13-7-9/h4-5,7,10-11H,1-3,6,8,12H2. The predicted octanol–water partition coefficient (Wildman–Crippen LogP) is 1.92. The zero-order valence-electron chi connectivity index (χ0n) is 8.32. The first-order chi connectivity index (χ1) is 6.90. The highest BCUT2D eigenvalue weighted by Gasteiger charge is 2.26. The monoisotopic (exact) mass is 195 g/mol. The lowest BCUT2D eigenvalue weighted by molar-refractivity contribution is 0.0180. The number of rotatable bonds is 4. The molecule has 3 nitrogen and oxygen atoms in total. The maximum Gasteiger partial charge on any atom is 0.0957 e. The number of furan rings is 1. The van der Waals surface area contributed by atoms with E-state index < -0.39 is 0 Å². The summed E-state index contributed by atoms with van der Waals surface area (Å²) in [6.45, 7) is 1.40. The molecule has 1 fully saturated rings. The minimum Gasteiger partial charge on any atom is -0.472 e. The molecule has 2 unspecified atom stereocenters. The summed E-state index contributed by atoms with van der Waals surface area (Å²) in [6, 6.07) is 1.94. The Morgan fingerprint density at radius 3 is 3.14 bits per heavy atom. The summed E-state index contributed by atoms with van der Waals surface area (Å²) in [6.07, 6.45) is 7.37. The van der Waals surface area contributed by atoms with Crippen LogP contribution in [0.15, 0.2) is 23.0 Å². The van der Waals surface area contributed by atoms with Gasteiger partial charge in [-0.1, -0.05) is 6.42 Å². The van der Waals surface area contributed by atoms with Gasteiger partial charge < -0.3 is 14.9 Å². The molecule has 1 aliphatic carbocycles. The molecule has 1 aromatic rings. The van der Waals surface area contributed by atoms with Crippen LogP contribution in [-0.2, 0) is 11.3 Å². The SMILES string of the molecule is NCC1CCCC1OCc1ccoc1. The zero-order chi connectivity index (χ0) is 9.80. The molecule has 1 saturated carbocycles. The van der Waals surface area contributed by atoms with Gasteiger partial charge in [0, 0.05) is 5.56 Å². The smallest absolute Gasteiger partial charge is 0.0957 e. The van der Waals surface area contributed by atoms with Crippen molar-refractivity contribution >= 4 is 0 Å². The second-order valence-electron chi connectivity index (χ2n) is 3.91. The third-order valence-corrected chi connectivity index (χ3v) is 2.94. The summed E-state index contributed by atoms with van der Waals surface area (Å²) in [7, 11) is 0. The van der Waals surface area contributed by atoms with Gasteiger partial charge in [0.2, 0.25) is 0 Å². The maximum absolute atomic E-state index is 5.81. The van der Waals surface area contributed by atoms with Crippen LogP contribution >= 0.6 is 0 Å².